The smallest absolute Gasteiger partial charge is 0.264 e. The Morgan fingerprint density at radius 1 is 1.15 bits per heavy atom. The zero-order valence-corrected chi connectivity index (χ0v) is 15.2. The van der Waals surface area contributed by atoms with Gasteiger partial charge in [-0.25, -0.2) is 17.2 Å². The molecule has 3 N–H and O–H groups in total. The molecule has 2 heterocycles. The van der Waals surface area contributed by atoms with Gasteiger partial charge in [-0.15, -0.1) is 0 Å². The third kappa shape index (κ3) is 3.68. The Morgan fingerprint density at radius 3 is 2.74 bits per heavy atom. The number of rotatable bonds is 5. The van der Waals surface area contributed by atoms with Crippen LogP contribution < -0.4 is 10.0 Å². The number of sulfonamides is 1. The van der Waals surface area contributed by atoms with E-state index in [1.807, 2.05) is 6.20 Å². The lowest BCUT2D eigenvalue weighted by molar-refractivity contribution is 0.551. The van der Waals surface area contributed by atoms with Gasteiger partial charge < -0.3 is 10.3 Å². The topological polar surface area (TPSA) is 74.0 Å². The summed E-state index contributed by atoms with van der Waals surface area (Å²) in [7, 11) is -4.16. The number of hydrogen-bond acceptors (Lipinski definition) is 3. The van der Waals surface area contributed by atoms with Crippen molar-refractivity contribution in [2.24, 2.45) is 0 Å². The van der Waals surface area contributed by atoms with Gasteiger partial charge in [0.05, 0.1) is 0 Å². The molecule has 0 unspecified atom stereocenters. The Labute approximate surface area is 155 Å². The lowest BCUT2D eigenvalue weighted by Crippen LogP contribution is -2.23. The molecule has 0 aliphatic carbocycles. The molecule has 5 nitrogen and oxygen atoms in total. The van der Waals surface area contributed by atoms with Crippen LogP contribution in [0.1, 0.15) is 18.4 Å². The maximum atomic E-state index is 13.9. The molecule has 8 heteroatoms. The quantitative estimate of drug-likeness (QED) is 0.623. The number of H-pyrrole nitrogens is 1. The highest BCUT2D eigenvalue weighted by Gasteiger charge is 2.21. The van der Waals surface area contributed by atoms with Crippen molar-refractivity contribution in [2.45, 2.75) is 30.2 Å². The number of benzene rings is 2. The van der Waals surface area contributed by atoms with Gasteiger partial charge in [0.2, 0.25) is 0 Å². The van der Waals surface area contributed by atoms with Gasteiger partial charge in [0.1, 0.15) is 16.5 Å². The van der Waals surface area contributed by atoms with Gasteiger partial charge in [-0.2, -0.15) is 0 Å². The summed E-state index contributed by atoms with van der Waals surface area (Å²) >= 11 is 0. The van der Waals surface area contributed by atoms with E-state index in [-0.39, 0.29) is 0 Å². The predicted molar refractivity (Wildman–Crippen MR) is 100 cm³/mol. The second-order valence-electron chi connectivity index (χ2n) is 6.75. The van der Waals surface area contributed by atoms with Crippen LogP contribution in [0, 0.1) is 11.6 Å². The molecule has 1 atom stereocenters. The number of fused-ring (bicyclic) bond motifs is 1. The standard InChI is InChI=1S/C19H19F2N3O2S/c20-13-3-6-19(17(21)9-13)27(25,26)24-15-4-5-18-16(10-15)12(11-23-18)8-14-2-1-7-22-14/h3-6,9-11,14,22-24H,1-2,7-8H2/t14-/m1/s1. The number of nitrogens with one attached hydrogen (secondary N) is 3. The number of anilines is 1. The third-order valence-electron chi connectivity index (χ3n) is 4.83. The first-order valence-corrected chi connectivity index (χ1v) is 10.2. The normalized spacial score (nSPS) is 17.5. The molecule has 3 aromatic rings. The van der Waals surface area contributed by atoms with Crippen molar-refractivity contribution in [3.8, 4) is 0 Å². The average molecular weight is 391 g/mol. The molecule has 1 aromatic heterocycles. The van der Waals surface area contributed by atoms with E-state index in [1.165, 1.54) is 0 Å². The maximum absolute atomic E-state index is 13.9. The van der Waals surface area contributed by atoms with Crippen LogP contribution in [0.2, 0.25) is 0 Å². The Morgan fingerprint density at radius 2 is 2.00 bits per heavy atom. The van der Waals surface area contributed by atoms with Crippen LogP contribution in [-0.4, -0.2) is 26.0 Å². The fraction of sp³-hybridized carbons (Fsp3) is 0.263. The first kappa shape index (κ1) is 17.9. The highest BCUT2D eigenvalue weighted by molar-refractivity contribution is 7.92. The lowest BCUT2D eigenvalue weighted by atomic mass is 10.0. The van der Waals surface area contributed by atoms with E-state index < -0.39 is 26.6 Å². The molecule has 1 aliphatic rings. The van der Waals surface area contributed by atoms with Gasteiger partial charge in [0.25, 0.3) is 10.0 Å². The molecule has 27 heavy (non-hydrogen) atoms. The zero-order chi connectivity index (χ0) is 19.0. The summed E-state index contributed by atoms with van der Waals surface area (Å²) in [5.41, 5.74) is 2.32. The Bertz CT molecular complexity index is 1090. The second kappa shape index (κ2) is 6.94. The van der Waals surface area contributed by atoms with Gasteiger partial charge in [-0.05, 0) is 61.7 Å². The molecule has 0 radical (unpaired) electrons. The molecule has 0 spiro atoms. The highest BCUT2D eigenvalue weighted by atomic mass is 32.2. The van der Waals surface area contributed by atoms with E-state index in [0.29, 0.717) is 17.8 Å². The minimum atomic E-state index is -4.16. The SMILES string of the molecule is O=S(=O)(Nc1ccc2[nH]cc(C[C@H]3CCCN3)c2c1)c1ccc(F)cc1F. The molecule has 0 saturated carbocycles. The molecule has 1 fully saturated rings. The van der Waals surface area contributed by atoms with Gasteiger partial charge in [0, 0.05) is 34.9 Å². The Kier molecular flexibility index (Phi) is 4.61. The Balaban J connectivity index is 1.63. The molecule has 1 saturated heterocycles. The van der Waals surface area contributed by atoms with Crippen molar-refractivity contribution in [1.29, 1.82) is 0 Å². The minimum absolute atomic E-state index is 0.325. The van der Waals surface area contributed by atoms with Crippen molar-refractivity contribution < 1.29 is 17.2 Å². The van der Waals surface area contributed by atoms with Crippen molar-refractivity contribution in [3.05, 3.63) is 59.8 Å². The van der Waals surface area contributed by atoms with Crippen LogP contribution >= 0.6 is 0 Å². The van der Waals surface area contributed by atoms with Gasteiger partial charge >= 0.3 is 0 Å². The molecule has 1 aliphatic heterocycles. The summed E-state index contributed by atoms with van der Waals surface area (Å²) < 4.78 is 54.3. The number of hydrogen-bond donors (Lipinski definition) is 3. The number of aromatic amines is 1. The second-order valence-corrected chi connectivity index (χ2v) is 8.40. The van der Waals surface area contributed by atoms with Crippen molar-refractivity contribution >= 4 is 26.6 Å². The molecular formula is C19H19F2N3O2S. The highest BCUT2D eigenvalue weighted by Crippen LogP contribution is 2.27. The Hall–Kier alpha value is -2.45. The molecule has 2 aromatic carbocycles. The van der Waals surface area contributed by atoms with Crippen LogP contribution in [0.4, 0.5) is 14.5 Å². The zero-order valence-electron chi connectivity index (χ0n) is 14.4. The largest absolute Gasteiger partial charge is 0.361 e. The first-order chi connectivity index (χ1) is 12.9. The fourth-order valence-corrected chi connectivity index (χ4v) is 4.62. The maximum Gasteiger partial charge on any atom is 0.264 e. The van der Waals surface area contributed by atoms with Crippen molar-refractivity contribution in [1.82, 2.24) is 10.3 Å². The third-order valence-corrected chi connectivity index (χ3v) is 6.25. The van der Waals surface area contributed by atoms with Crippen molar-refractivity contribution in [2.75, 3.05) is 11.3 Å². The summed E-state index contributed by atoms with van der Waals surface area (Å²) in [6.07, 6.45) is 5.05. The predicted octanol–water partition coefficient (Wildman–Crippen LogP) is 3.54. The van der Waals surface area contributed by atoms with E-state index in [2.05, 4.69) is 15.0 Å². The molecule has 0 amide bonds. The van der Waals surface area contributed by atoms with Crippen LogP contribution in [0.3, 0.4) is 0 Å². The van der Waals surface area contributed by atoms with E-state index in [1.54, 1.807) is 18.2 Å². The average Bonchev–Trinajstić information content (AvgIpc) is 3.25. The van der Waals surface area contributed by atoms with E-state index in [4.69, 9.17) is 0 Å². The fourth-order valence-electron chi connectivity index (χ4n) is 3.51. The van der Waals surface area contributed by atoms with E-state index in [0.717, 1.165) is 54.4 Å². The molecule has 142 valence electrons. The van der Waals surface area contributed by atoms with E-state index in [9.17, 15) is 17.2 Å². The van der Waals surface area contributed by atoms with Crippen LogP contribution in [0.5, 0.6) is 0 Å². The summed E-state index contributed by atoms with van der Waals surface area (Å²) in [6, 6.07) is 7.91. The monoisotopic (exact) mass is 391 g/mol. The summed E-state index contributed by atoms with van der Waals surface area (Å²) in [4.78, 5) is 2.60. The van der Waals surface area contributed by atoms with Crippen LogP contribution in [0.25, 0.3) is 10.9 Å². The first-order valence-electron chi connectivity index (χ1n) is 8.74. The molecule has 4 rings (SSSR count). The van der Waals surface area contributed by atoms with Crippen molar-refractivity contribution in [3.63, 3.8) is 0 Å². The summed E-state index contributed by atoms with van der Waals surface area (Å²) in [5, 5.41) is 4.37. The molecular weight excluding hydrogens is 372 g/mol. The van der Waals surface area contributed by atoms with Crippen LogP contribution in [-0.2, 0) is 16.4 Å². The lowest BCUT2D eigenvalue weighted by Gasteiger charge is -2.11. The van der Waals surface area contributed by atoms with Gasteiger partial charge in [0.15, 0.2) is 0 Å². The van der Waals surface area contributed by atoms with Crippen LogP contribution in [0.15, 0.2) is 47.5 Å². The minimum Gasteiger partial charge on any atom is -0.361 e. The molecule has 0 bridgehead atoms. The summed E-state index contributed by atoms with van der Waals surface area (Å²) in [6.45, 7) is 1.02. The van der Waals surface area contributed by atoms with E-state index >= 15 is 0 Å². The number of aromatic nitrogens is 1. The van der Waals surface area contributed by atoms with Gasteiger partial charge in [-0.1, -0.05) is 0 Å². The summed E-state index contributed by atoms with van der Waals surface area (Å²) in [5.74, 6) is -1.96. The number of halogens is 2. The van der Waals surface area contributed by atoms with Gasteiger partial charge in [-0.3, -0.25) is 4.72 Å².